The largest absolute Gasteiger partial charge is 0.323 e. The predicted octanol–water partition coefficient (Wildman–Crippen LogP) is 3.49. The summed E-state index contributed by atoms with van der Waals surface area (Å²) in [6.45, 7) is 0. The fourth-order valence-corrected chi connectivity index (χ4v) is 4.60. The van der Waals surface area contributed by atoms with E-state index in [-0.39, 0.29) is 16.8 Å². The summed E-state index contributed by atoms with van der Waals surface area (Å²) in [7, 11) is -3.48. The Bertz CT molecular complexity index is 1400. The van der Waals surface area contributed by atoms with E-state index < -0.39 is 10.0 Å². The summed E-state index contributed by atoms with van der Waals surface area (Å²) in [6.07, 6.45) is 10.3. The van der Waals surface area contributed by atoms with Gasteiger partial charge in [-0.2, -0.15) is 0 Å². The van der Waals surface area contributed by atoms with Gasteiger partial charge in [0, 0.05) is 42.0 Å². The highest BCUT2D eigenvalue weighted by Gasteiger charge is 2.27. The van der Waals surface area contributed by atoms with Gasteiger partial charge >= 0.3 is 0 Å². The number of carbonyl (C=O) groups excluding carboxylic acids is 1. The summed E-state index contributed by atoms with van der Waals surface area (Å²) >= 11 is 0. The third-order valence-electron chi connectivity index (χ3n) is 5.20. The number of hydrogen-bond acceptors (Lipinski definition) is 5. The van der Waals surface area contributed by atoms with Crippen molar-refractivity contribution in [1.82, 2.24) is 19.1 Å². The third-order valence-corrected chi connectivity index (χ3v) is 6.74. The molecule has 2 N–H and O–H groups in total. The van der Waals surface area contributed by atoms with Gasteiger partial charge in [-0.15, -0.1) is 0 Å². The summed E-state index contributed by atoms with van der Waals surface area (Å²) in [5.41, 5.74) is 3.10. The molecular formula is C24H21N5O3S. The number of aromatic nitrogens is 3. The van der Waals surface area contributed by atoms with Gasteiger partial charge in [0.1, 0.15) is 0 Å². The molecule has 1 aliphatic carbocycles. The molecule has 166 valence electrons. The van der Waals surface area contributed by atoms with Gasteiger partial charge < -0.3 is 5.32 Å². The molecule has 5 rings (SSSR count). The number of nitrogens with zero attached hydrogens (tertiary/aromatic N) is 3. The number of carbonyl (C=O) groups is 1. The van der Waals surface area contributed by atoms with E-state index in [1.54, 1.807) is 24.4 Å². The molecule has 2 aromatic heterocycles. The van der Waals surface area contributed by atoms with Crippen molar-refractivity contribution in [2.75, 3.05) is 5.32 Å². The third kappa shape index (κ3) is 5.00. The summed E-state index contributed by atoms with van der Waals surface area (Å²) < 4.78 is 28.9. The lowest BCUT2D eigenvalue weighted by molar-refractivity contribution is -0.111. The van der Waals surface area contributed by atoms with Crippen molar-refractivity contribution in [1.29, 1.82) is 0 Å². The molecule has 0 aliphatic heterocycles. The predicted molar refractivity (Wildman–Crippen MR) is 126 cm³/mol. The number of sulfonamides is 1. The minimum atomic E-state index is -3.48. The zero-order valence-electron chi connectivity index (χ0n) is 17.5. The van der Waals surface area contributed by atoms with Gasteiger partial charge in [0.15, 0.2) is 0 Å². The van der Waals surface area contributed by atoms with Crippen molar-refractivity contribution in [2.45, 2.75) is 23.8 Å². The van der Waals surface area contributed by atoms with Gasteiger partial charge in [-0.1, -0.05) is 24.3 Å². The summed E-state index contributed by atoms with van der Waals surface area (Å²) in [6, 6.07) is 15.7. The number of anilines is 1. The van der Waals surface area contributed by atoms with Crippen LogP contribution in [-0.4, -0.2) is 34.7 Å². The summed E-state index contributed by atoms with van der Waals surface area (Å²) in [5, 5.41) is 2.81. The van der Waals surface area contributed by atoms with Crippen molar-refractivity contribution in [3.63, 3.8) is 0 Å². The maximum Gasteiger partial charge on any atom is 0.248 e. The van der Waals surface area contributed by atoms with Gasteiger partial charge in [-0.3, -0.25) is 9.20 Å². The zero-order chi connectivity index (χ0) is 22.8. The second-order valence-electron chi connectivity index (χ2n) is 7.82. The van der Waals surface area contributed by atoms with Crippen molar-refractivity contribution in [2.24, 2.45) is 0 Å². The molecule has 0 spiro atoms. The molecule has 1 aliphatic rings. The number of rotatable bonds is 7. The Morgan fingerprint density at radius 1 is 1.06 bits per heavy atom. The molecule has 0 radical (unpaired) electrons. The standard InChI is InChI=1S/C24H21N5O3S/c30-23(13-4-17-2-11-21(12-3-17)33(31,32)28-20-9-10-20)26-19-7-5-18(6-8-19)22-16-29-15-1-14-25-24(29)27-22/h1-8,11-16,20,28H,9-10H2,(H,26,30)/b13-4+. The smallest absolute Gasteiger partial charge is 0.248 e. The van der Waals surface area contributed by atoms with Crippen LogP contribution in [0.2, 0.25) is 0 Å². The molecule has 9 heteroatoms. The van der Waals surface area contributed by atoms with Crippen molar-refractivity contribution < 1.29 is 13.2 Å². The molecular weight excluding hydrogens is 438 g/mol. The maximum absolute atomic E-state index is 12.3. The molecule has 0 unspecified atom stereocenters. The van der Waals surface area contributed by atoms with Crippen LogP contribution in [0.15, 0.2) is 84.2 Å². The van der Waals surface area contributed by atoms with Crippen LogP contribution in [0.3, 0.4) is 0 Å². The fourth-order valence-electron chi connectivity index (χ4n) is 3.30. The minimum absolute atomic E-state index is 0.0591. The number of fused-ring (bicyclic) bond motifs is 1. The maximum atomic E-state index is 12.3. The van der Waals surface area contributed by atoms with Crippen LogP contribution < -0.4 is 10.0 Å². The number of imidazole rings is 1. The molecule has 2 heterocycles. The van der Waals surface area contributed by atoms with Crippen molar-refractivity contribution in [3.05, 3.63) is 84.8 Å². The highest BCUT2D eigenvalue weighted by atomic mass is 32.2. The Labute approximate surface area is 191 Å². The number of amides is 1. The first-order chi connectivity index (χ1) is 16.0. The highest BCUT2D eigenvalue weighted by molar-refractivity contribution is 7.89. The Morgan fingerprint density at radius 2 is 1.82 bits per heavy atom. The van der Waals surface area contributed by atoms with E-state index in [0.29, 0.717) is 11.5 Å². The van der Waals surface area contributed by atoms with Gasteiger partial charge in [-0.25, -0.2) is 23.1 Å². The van der Waals surface area contributed by atoms with Gasteiger partial charge in [0.05, 0.1) is 10.6 Å². The van der Waals surface area contributed by atoms with Crippen LogP contribution in [0, 0.1) is 0 Å². The number of benzene rings is 2. The van der Waals surface area contributed by atoms with E-state index in [0.717, 1.165) is 29.7 Å². The van der Waals surface area contributed by atoms with Crippen LogP contribution in [0.1, 0.15) is 18.4 Å². The minimum Gasteiger partial charge on any atom is -0.323 e. The summed E-state index contributed by atoms with van der Waals surface area (Å²) in [5.74, 6) is 0.339. The highest BCUT2D eigenvalue weighted by Crippen LogP contribution is 2.23. The first-order valence-electron chi connectivity index (χ1n) is 10.5. The van der Waals surface area contributed by atoms with E-state index in [2.05, 4.69) is 20.0 Å². The first-order valence-corrected chi connectivity index (χ1v) is 12.0. The normalized spacial score (nSPS) is 14.1. The average Bonchev–Trinajstić information content (AvgIpc) is 3.51. The molecule has 33 heavy (non-hydrogen) atoms. The number of hydrogen-bond donors (Lipinski definition) is 2. The molecule has 4 aromatic rings. The van der Waals surface area contributed by atoms with Gasteiger partial charge in [0.2, 0.25) is 21.7 Å². The molecule has 2 aromatic carbocycles. The first kappa shape index (κ1) is 21.0. The number of nitrogens with one attached hydrogen (secondary N) is 2. The zero-order valence-corrected chi connectivity index (χ0v) is 18.4. The molecule has 8 nitrogen and oxygen atoms in total. The van der Waals surface area contributed by atoms with Crippen molar-refractivity contribution in [3.8, 4) is 11.3 Å². The average molecular weight is 460 g/mol. The van der Waals surface area contributed by atoms with Crippen molar-refractivity contribution >= 4 is 33.5 Å². The Balaban J connectivity index is 1.20. The Hall–Kier alpha value is -3.82. The monoisotopic (exact) mass is 459 g/mol. The van der Waals surface area contributed by atoms with E-state index in [9.17, 15) is 13.2 Å². The van der Waals surface area contributed by atoms with E-state index in [1.807, 2.05) is 47.1 Å². The molecule has 1 fully saturated rings. The Kier molecular flexibility index (Phi) is 5.49. The lowest BCUT2D eigenvalue weighted by Crippen LogP contribution is -2.25. The molecule has 0 atom stereocenters. The van der Waals surface area contributed by atoms with Crippen LogP contribution in [-0.2, 0) is 14.8 Å². The van der Waals surface area contributed by atoms with Gasteiger partial charge in [0.25, 0.3) is 0 Å². The van der Waals surface area contributed by atoms with Crippen LogP contribution >= 0.6 is 0 Å². The van der Waals surface area contributed by atoms with Crippen LogP contribution in [0.5, 0.6) is 0 Å². The van der Waals surface area contributed by atoms with Crippen LogP contribution in [0.25, 0.3) is 23.1 Å². The molecule has 0 bridgehead atoms. The second kappa shape index (κ2) is 8.61. The SMILES string of the molecule is O=C(/C=C/c1ccc(S(=O)(=O)NC2CC2)cc1)Nc1ccc(-c2cn3cccnc3n2)cc1. The summed E-state index contributed by atoms with van der Waals surface area (Å²) in [4.78, 5) is 21.2. The van der Waals surface area contributed by atoms with E-state index in [4.69, 9.17) is 0 Å². The van der Waals surface area contributed by atoms with Crippen LogP contribution in [0.4, 0.5) is 5.69 Å². The van der Waals surface area contributed by atoms with E-state index >= 15 is 0 Å². The van der Waals surface area contributed by atoms with Gasteiger partial charge in [-0.05, 0) is 54.8 Å². The lowest BCUT2D eigenvalue weighted by Gasteiger charge is -2.05. The quantitative estimate of drug-likeness (QED) is 0.412. The molecule has 1 saturated carbocycles. The molecule has 0 saturated heterocycles. The second-order valence-corrected chi connectivity index (χ2v) is 9.53. The topological polar surface area (TPSA) is 105 Å². The molecule has 1 amide bonds. The fraction of sp³-hybridized carbons (Fsp3) is 0.125. The Morgan fingerprint density at radius 3 is 2.52 bits per heavy atom. The van der Waals surface area contributed by atoms with E-state index in [1.165, 1.54) is 18.2 Å². The lowest BCUT2D eigenvalue weighted by atomic mass is 10.1.